The molecule has 0 atom stereocenters. The highest BCUT2D eigenvalue weighted by molar-refractivity contribution is 5.98. The summed E-state index contributed by atoms with van der Waals surface area (Å²) in [5.74, 6) is -1.53. The van der Waals surface area contributed by atoms with E-state index < -0.39 is 24.2 Å². The quantitative estimate of drug-likeness (QED) is 0.908. The second-order valence-electron chi connectivity index (χ2n) is 6.65. The molecular formula is C17H22N2O5. The van der Waals surface area contributed by atoms with Crippen molar-refractivity contribution in [1.29, 1.82) is 0 Å². The summed E-state index contributed by atoms with van der Waals surface area (Å²) in [6.45, 7) is 4.65. The van der Waals surface area contributed by atoms with Gasteiger partial charge in [0.1, 0.15) is 18.7 Å². The molecule has 0 unspecified atom stereocenters. The number of aliphatic carboxylic acids is 1. The average Bonchev–Trinajstić information content (AvgIpc) is 2.88. The van der Waals surface area contributed by atoms with E-state index in [-0.39, 0.29) is 12.5 Å². The van der Waals surface area contributed by atoms with Gasteiger partial charge in [-0.05, 0) is 38.8 Å². The van der Waals surface area contributed by atoms with Gasteiger partial charge in [0.2, 0.25) is 5.91 Å². The van der Waals surface area contributed by atoms with Crippen LogP contribution in [0.3, 0.4) is 0 Å². The van der Waals surface area contributed by atoms with Crippen LogP contribution in [0.15, 0.2) is 24.3 Å². The Morgan fingerprint density at radius 3 is 2.50 bits per heavy atom. The van der Waals surface area contributed by atoms with E-state index in [9.17, 15) is 14.4 Å². The molecule has 130 valence electrons. The van der Waals surface area contributed by atoms with Gasteiger partial charge in [0.05, 0.1) is 0 Å². The fourth-order valence-electron chi connectivity index (χ4n) is 2.52. The van der Waals surface area contributed by atoms with Crippen LogP contribution in [-0.4, -0.2) is 53.2 Å². The Morgan fingerprint density at radius 2 is 1.88 bits per heavy atom. The van der Waals surface area contributed by atoms with Gasteiger partial charge in [-0.3, -0.25) is 14.5 Å². The molecular weight excluding hydrogens is 312 g/mol. The molecule has 1 aliphatic heterocycles. The van der Waals surface area contributed by atoms with Crippen molar-refractivity contribution < 1.29 is 24.2 Å². The van der Waals surface area contributed by atoms with Crippen molar-refractivity contribution in [2.24, 2.45) is 0 Å². The maximum atomic E-state index is 12.6. The number of carboxylic acid groups (broad SMARTS) is 1. The number of anilines is 1. The third-order valence-corrected chi connectivity index (χ3v) is 3.49. The van der Waals surface area contributed by atoms with Crippen LogP contribution in [0.25, 0.3) is 0 Å². The molecule has 1 aliphatic rings. The largest absolute Gasteiger partial charge is 0.480 e. The Morgan fingerprint density at radius 1 is 1.21 bits per heavy atom. The average molecular weight is 334 g/mol. The first-order chi connectivity index (χ1) is 11.2. The van der Waals surface area contributed by atoms with E-state index in [1.807, 2.05) is 24.3 Å². The van der Waals surface area contributed by atoms with Crippen LogP contribution in [-0.2, 0) is 20.7 Å². The molecule has 7 heteroatoms. The Bertz CT molecular complexity index is 651. The lowest BCUT2D eigenvalue weighted by Gasteiger charge is -2.27. The lowest BCUT2D eigenvalue weighted by Crippen LogP contribution is -2.46. The van der Waals surface area contributed by atoms with E-state index in [1.165, 1.54) is 0 Å². The first-order valence-corrected chi connectivity index (χ1v) is 7.75. The molecule has 0 bridgehead atoms. The van der Waals surface area contributed by atoms with Crippen LogP contribution in [0.4, 0.5) is 10.5 Å². The summed E-state index contributed by atoms with van der Waals surface area (Å²) in [5, 5.41) is 8.99. The van der Waals surface area contributed by atoms with Gasteiger partial charge >= 0.3 is 12.1 Å². The second kappa shape index (κ2) is 6.90. The van der Waals surface area contributed by atoms with Gasteiger partial charge in [-0.25, -0.2) is 4.79 Å². The van der Waals surface area contributed by atoms with Gasteiger partial charge in [-0.2, -0.15) is 0 Å². The van der Waals surface area contributed by atoms with Gasteiger partial charge in [0, 0.05) is 12.2 Å². The number of nitrogens with zero attached hydrogens (tertiary/aromatic N) is 2. The molecule has 1 aromatic carbocycles. The molecule has 2 rings (SSSR count). The fourth-order valence-corrected chi connectivity index (χ4v) is 2.52. The summed E-state index contributed by atoms with van der Waals surface area (Å²) in [5.41, 5.74) is 1.10. The number of carbonyl (C=O) groups is 3. The summed E-state index contributed by atoms with van der Waals surface area (Å²) in [6, 6.07) is 7.54. The molecule has 1 N–H and O–H groups in total. The van der Waals surface area contributed by atoms with E-state index in [0.29, 0.717) is 6.54 Å². The number of para-hydroxylation sites is 1. The standard InChI is InChI=1S/C17H22N2O5/c1-17(2,3)24-16(23)18(11-15(21)22)10-14(20)19-9-8-12-6-4-5-7-13(12)19/h4-7H,8-11H2,1-3H3,(H,21,22). The molecule has 0 aromatic heterocycles. The smallest absolute Gasteiger partial charge is 0.411 e. The van der Waals surface area contributed by atoms with Crippen LogP contribution in [0.2, 0.25) is 0 Å². The molecule has 24 heavy (non-hydrogen) atoms. The minimum absolute atomic E-state index is 0.327. The molecule has 0 saturated heterocycles. The highest BCUT2D eigenvalue weighted by Crippen LogP contribution is 2.27. The van der Waals surface area contributed by atoms with Gasteiger partial charge in [-0.1, -0.05) is 18.2 Å². The maximum Gasteiger partial charge on any atom is 0.411 e. The molecule has 0 spiro atoms. The zero-order chi connectivity index (χ0) is 17.9. The predicted molar refractivity (Wildman–Crippen MR) is 87.9 cm³/mol. The van der Waals surface area contributed by atoms with Gasteiger partial charge in [0.25, 0.3) is 0 Å². The first-order valence-electron chi connectivity index (χ1n) is 7.75. The molecule has 0 aliphatic carbocycles. The Labute approximate surface area is 140 Å². The van der Waals surface area contributed by atoms with Crippen molar-refractivity contribution in [2.45, 2.75) is 32.8 Å². The third kappa shape index (κ3) is 4.47. The Kier molecular flexibility index (Phi) is 5.11. The predicted octanol–water partition coefficient (Wildman–Crippen LogP) is 1.90. The molecule has 1 aromatic rings. The van der Waals surface area contributed by atoms with Crippen LogP contribution in [0.1, 0.15) is 26.3 Å². The van der Waals surface area contributed by atoms with Crippen LogP contribution < -0.4 is 4.90 Å². The van der Waals surface area contributed by atoms with E-state index in [0.717, 1.165) is 22.6 Å². The van der Waals surface area contributed by atoms with Crippen LogP contribution in [0.5, 0.6) is 0 Å². The SMILES string of the molecule is CC(C)(C)OC(=O)N(CC(=O)O)CC(=O)N1CCc2ccccc21. The molecule has 0 fully saturated rings. The van der Waals surface area contributed by atoms with Crippen molar-refractivity contribution in [1.82, 2.24) is 4.90 Å². The Balaban J connectivity index is 2.10. The number of fused-ring (bicyclic) bond motifs is 1. The number of carbonyl (C=O) groups excluding carboxylic acids is 2. The number of carboxylic acids is 1. The number of benzene rings is 1. The van der Waals surface area contributed by atoms with Gasteiger partial charge in [-0.15, -0.1) is 0 Å². The van der Waals surface area contributed by atoms with E-state index in [1.54, 1.807) is 25.7 Å². The van der Waals surface area contributed by atoms with Crippen molar-refractivity contribution in [3.8, 4) is 0 Å². The topological polar surface area (TPSA) is 87.1 Å². The number of amides is 2. The van der Waals surface area contributed by atoms with Gasteiger partial charge in [0.15, 0.2) is 0 Å². The van der Waals surface area contributed by atoms with Crippen molar-refractivity contribution in [3.63, 3.8) is 0 Å². The molecule has 7 nitrogen and oxygen atoms in total. The Hall–Kier alpha value is -2.57. The minimum Gasteiger partial charge on any atom is -0.480 e. The van der Waals surface area contributed by atoms with Crippen LogP contribution >= 0.6 is 0 Å². The third-order valence-electron chi connectivity index (χ3n) is 3.49. The van der Waals surface area contributed by atoms with Crippen molar-refractivity contribution >= 4 is 23.7 Å². The minimum atomic E-state index is -1.20. The summed E-state index contributed by atoms with van der Waals surface area (Å²) in [4.78, 5) is 38.2. The summed E-state index contributed by atoms with van der Waals surface area (Å²) in [6.07, 6.45) is -0.0708. The molecule has 0 saturated carbocycles. The first kappa shape index (κ1) is 17.8. The van der Waals surface area contributed by atoms with Gasteiger partial charge < -0.3 is 14.7 Å². The summed E-state index contributed by atoms with van der Waals surface area (Å²) in [7, 11) is 0. The molecule has 0 radical (unpaired) electrons. The van der Waals surface area contributed by atoms with E-state index >= 15 is 0 Å². The monoisotopic (exact) mass is 334 g/mol. The zero-order valence-corrected chi connectivity index (χ0v) is 14.1. The number of ether oxygens (including phenoxy) is 1. The highest BCUT2D eigenvalue weighted by Gasteiger charge is 2.30. The summed E-state index contributed by atoms with van der Waals surface area (Å²) < 4.78 is 5.19. The normalized spacial score (nSPS) is 13.4. The number of rotatable bonds is 4. The van der Waals surface area contributed by atoms with Crippen molar-refractivity contribution in [2.75, 3.05) is 24.5 Å². The highest BCUT2D eigenvalue weighted by atomic mass is 16.6. The second-order valence-corrected chi connectivity index (χ2v) is 6.65. The molecule has 2 amide bonds. The summed E-state index contributed by atoms with van der Waals surface area (Å²) >= 11 is 0. The lowest BCUT2D eigenvalue weighted by molar-refractivity contribution is -0.138. The van der Waals surface area contributed by atoms with E-state index in [4.69, 9.17) is 9.84 Å². The molecule has 1 heterocycles. The van der Waals surface area contributed by atoms with E-state index in [2.05, 4.69) is 0 Å². The number of hydrogen-bond acceptors (Lipinski definition) is 4. The fraction of sp³-hybridized carbons (Fsp3) is 0.471. The number of hydrogen-bond donors (Lipinski definition) is 1. The lowest BCUT2D eigenvalue weighted by atomic mass is 10.2. The van der Waals surface area contributed by atoms with Crippen LogP contribution in [0, 0.1) is 0 Å². The zero-order valence-electron chi connectivity index (χ0n) is 14.1. The van der Waals surface area contributed by atoms with Crippen molar-refractivity contribution in [3.05, 3.63) is 29.8 Å². The maximum absolute atomic E-state index is 12.6.